The van der Waals surface area contributed by atoms with E-state index in [0.717, 1.165) is 11.0 Å². The smallest absolute Gasteiger partial charge is 0.339 e. The van der Waals surface area contributed by atoms with Gasteiger partial charge in [0.15, 0.2) is 9.84 Å². The minimum atomic E-state index is -3.48. The summed E-state index contributed by atoms with van der Waals surface area (Å²) in [5.41, 5.74) is -0.246. The molecule has 0 fully saturated rings. The Morgan fingerprint density at radius 1 is 1.17 bits per heavy atom. The zero-order chi connectivity index (χ0) is 17.7. The van der Waals surface area contributed by atoms with Crippen LogP contribution in [0, 0.1) is 0 Å². The molecule has 8 heteroatoms. The van der Waals surface area contributed by atoms with Gasteiger partial charge in [0.1, 0.15) is 23.7 Å². The predicted molar refractivity (Wildman–Crippen MR) is 90.8 cm³/mol. The number of benzene rings is 2. The average molecular weight is 368 g/mol. The molecule has 0 saturated carbocycles. The van der Waals surface area contributed by atoms with Gasteiger partial charge in [-0.2, -0.15) is 0 Å². The lowest BCUT2D eigenvalue weighted by molar-refractivity contribution is 0.0693. The molecule has 0 aromatic heterocycles. The van der Waals surface area contributed by atoms with Crippen LogP contribution < -0.4 is 4.74 Å². The Morgan fingerprint density at radius 2 is 1.83 bits per heavy atom. The first-order chi connectivity index (χ1) is 11.3. The van der Waals surface area contributed by atoms with E-state index in [0.29, 0.717) is 0 Å². The molecule has 0 aliphatic heterocycles. The standard InChI is InChI=1S/C16H16O6S2/c1-23-12-3-5-13(6-4-12)24(20,21)9-8-22-11-2-7-14(16(18)19)15(17)10-11/h2-7,10,17H,8-9H2,1H3,(H,18,19). The fourth-order valence-electron chi connectivity index (χ4n) is 1.95. The van der Waals surface area contributed by atoms with Crippen molar-refractivity contribution in [2.75, 3.05) is 18.6 Å². The van der Waals surface area contributed by atoms with Crippen molar-refractivity contribution < 1.29 is 28.2 Å². The first-order valence-corrected chi connectivity index (χ1v) is 9.77. The van der Waals surface area contributed by atoms with E-state index in [-0.39, 0.29) is 28.6 Å². The molecule has 128 valence electrons. The van der Waals surface area contributed by atoms with Gasteiger partial charge < -0.3 is 14.9 Å². The summed E-state index contributed by atoms with van der Waals surface area (Å²) in [6.07, 6.45) is 1.91. The predicted octanol–water partition coefficient (Wildman–Crippen LogP) is 2.67. The maximum atomic E-state index is 12.2. The lowest BCUT2D eigenvalue weighted by atomic mass is 10.2. The molecule has 0 spiro atoms. The third kappa shape index (κ3) is 4.42. The molecular formula is C16H16O6S2. The van der Waals surface area contributed by atoms with Gasteiger partial charge in [-0.05, 0) is 42.7 Å². The highest BCUT2D eigenvalue weighted by atomic mass is 32.2. The molecule has 6 nitrogen and oxygen atoms in total. The number of carboxylic acids is 1. The second-order valence-electron chi connectivity index (χ2n) is 4.83. The number of thioether (sulfide) groups is 1. The van der Waals surface area contributed by atoms with Crippen LogP contribution in [0.3, 0.4) is 0 Å². The molecule has 0 radical (unpaired) electrons. The van der Waals surface area contributed by atoms with E-state index in [9.17, 15) is 18.3 Å². The van der Waals surface area contributed by atoms with Crippen molar-refractivity contribution in [3.8, 4) is 11.5 Å². The second kappa shape index (κ2) is 7.59. The highest BCUT2D eigenvalue weighted by molar-refractivity contribution is 7.98. The van der Waals surface area contributed by atoms with Gasteiger partial charge in [0.2, 0.25) is 0 Å². The lowest BCUT2D eigenvalue weighted by Crippen LogP contribution is -2.14. The van der Waals surface area contributed by atoms with E-state index < -0.39 is 21.6 Å². The van der Waals surface area contributed by atoms with E-state index in [1.54, 1.807) is 24.3 Å². The average Bonchev–Trinajstić information content (AvgIpc) is 2.54. The number of ether oxygens (including phenoxy) is 1. The number of aromatic carboxylic acids is 1. The molecule has 24 heavy (non-hydrogen) atoms. The zero-order valence-corrected chi connectivity index (χ0v) is 14.4. The number of carboxylic acid groups (broad SMARTS) is 1. The van der Waals surface area contributed by atoms with Crippen molar-refractivity contribution in [2.45, 2.75) is 9.79 Å². The van der Waals surface area contributed by atoms with E-state index in [1.165, 1.54) is 23.9 Å². The fourth-order valence-corrected chi connectivity index (χ4v) is 3.45. The molecule has 0 aliphatic carbocycles. The van der Waals surface area contributed by atoms with Gasteiger partial charge in [-0.1, -0.05) is 0 Å². The first-order valence-electron chi connectivity index (χ1n) is 6.89. The molecule has 2 N–H and O–H groups in total. The van der Waals surface area contributed by atoms with Gasteiger partial charge in [-0.15, -0.1) is 11.8 Å². The molecular weight excluding hydrogens is 352 g/mol. The van der Waals surface area contributed by atoms with Crippen molar-refractivity contribution in [3.63, 3.8) is 0 Å². The highest BCUT2D eigenvalue weighted by Crippen LogP contribution is 2.24. The van der Waals surface area contributed by atoms with Crippen LogP contribution in [-0.2, 0) is 9.84 Å². The topological polar surface area (TPSA) is 101 Å². The molecule has 2 aromatic rings. The number of phenols is 1. The number of sulfone groups is 1. The van der Waals surface area contributed by atoms with E-state index in [1.807, 2.05) is 6.26 Å². The van der Waals surface area contributed by atoms with Crippen LogP contribution in [0.4, 0.5) is 0 Å². The number of hydrogen-bond donors (Lipinski definition) is 2. The molecule has 0 aliphatic rings. The monoisotopic (exact) mass is 368 g/mol. The van der Waals surface area contributed by atoms with Gasteiger partial charge >= 0.3 is 5.97 Å². The van der Waals surface area contributed by atoms with Crippen LogP contribution in [0.15, 0.2) is 52.3 Å². The Balaban J connectivity index is 2.00. The fraction of sp³-hybridized carbons (Fsp3) is 0.188. The van der Waals surface area contributed by atoms with Gasteiger partial charge in [0.25, 0.3) is 0 Å². The summed E-state index contributed by atoms with van der Waals surface area (Å²) in [5.74, 6) is -1.72. The summed E-state index contributed by atoms with van der Waals surface area (Å²) < 4.78 is 29.7. The molecule has 0 unspecified atom stereocenters. The van der Waals surface area contributed by atoms with Crippen molar-refractivity contribution in [1.82, 2.24) is 0 Å². The van der Waals surface area contributed by atoms with Crippen LogP contribution in [0.2, 0.25) is 0 Å². The molecule has 2 rings (SSSR count). The van der Waals surface area contributed by atoms with Crippen LogP contribution in [0.5, 0.6) is 11.5 Å². The van der Waals surface area contributed by atoms with Gasteiger partial charge in [-0.3, -0.25) is 0 Å². The van der Waals surface area contributed by atoms with Crippen molar-refractivity contribution in [1.29, 1.82) is 0 Å². The Kier molecular flexibility index (Phi) is 5.74. The third-order valence-corrected chi connectivity index (χ3v) is 5.68. The van der Waals surface area contributed by atoms with E-state index >= 15 is 0 Å². The van der Waals surface area contributed by atoms with Gasteiger partial charge in [-0.25, -0.2) is 13.2 Å². The van der Waals surface area contributed by atoms with Gasteiger partial charge in [0, 0.05) is 11.0 Å². The SMILES string of the molecule is CSc1ccc(S(=O)(=O)CCOc2ccc(C(=O)O)c(O)c2)cc1. The van der Waals surface area contributed by atoms with E-state index in [4.69, 9.17) is 9.84 Å². The summed E-state index contributed by atoms with van der Waals surface area (Å²) >= 11 is 1.52. The maximum Gasteiger partial charge on any atom is 0.339 e. The molecule has 0 atom stereocenters. The minimum Gasteiger partial charge on any atom is -0.507 e. The van der Waals surface area contributed by atoms with Crippen LogP contribution >= 0.6 is 11.8 Å². The summed E-state index contributed by atoms with van der Waals surface area (Å²) in [5, 5.41) is 18.4. The van der Waals surface area contributed by atoms with E-state index in [2.05, 4.69) is 0 Å². The van der Waals surface area contributed by atoms with Crippen LogP contribution in [0.1, 0.15) is 10.4 Å². The minimum absolute atomic E-state index is 0.113. The Morgan fingerprint density at radius 3 is 2.38 bits per heavy atom. The number of aromatic hydroxyl groups is 1. The molecule has 0 heterocycles. The van der Waals surface area contributed by atoms with Crippen molar-refractivity contribution >= 4 is 27.6 Å². The van der Waals surface area contributed by atoms with Crippen molar-refractivity contribution in [2.24, 2.45) is 0 Å². The summed E-state index contributed by atoms with van der Waals surface area (Å²) in [6.45, 7) is -0.113. The Hall–Kier alpha value is -2.19. The molecule has 2 aromatic carbocycles. The molecule has 0 bridgehead atoms. The number of carbonyl (C=O) groups is 1. The summed E-state index contributed by atoms with van der Waals surface area (Å²) in [4.78, 5) is 12.0. The van der Waals surface area contributed by atoms with Gasteiger partial charge in [0.05, 0.1) is 10.6 Å². The third-order valence-electron chi connectivity index (χ3n) is 3.24. The normalized spacial score (nSPS) is 11.2. The lowest BCUT2D eigenvalue weighted by Gasteiger charge is -2.09. The molecule has 0 amide bonds. The first kappa shape index (κ1) is 18.2. The Bertz CT molecular complexity index is 828. The largest absolute Gasteiger partial charge is 0.507 e. The van der Waals surface area contributed by atoms with Crippen LogP contribution in [-0.4, -0.2) is 43.2 Å². The Labute approximate surface area is 144 Å². The molecule has 0 saturated heterocycles. The number of rotatable bonds is 7. The summed E-state index contributed by atoms with van der Waals surface area (Å²) in [7, 11) is -3.48. The van der Waals surface area contributed by atoms with Crippen LogP contribution in [0.25, 0.3) is 0 Å². The number of hydrogen-bond acceptors (Lipinski definition) is 6. The second-order valence-corrected chi connectivity index (χ2v) is 7.82. The maximum absolute atomic E-state index is 12.2. The van der Waals surface area contributed by atoms with Crippen molar-refractivity contribution in [3.05, 3.63) is 48.0 Å². The highest BCUT2D eigenvalue weighted by Gasteiger charge is 2.15. The zero-order valence-electron chi connectivity index (χ0n) is 12.8. The summed E-state index contributed by atoms with van der Waals surface area (Å²) in [6, 6.07) is 10.3. The quantitative estimate of drug-likeness (QED) is 0.725.